The van der Waals surface area contributed by atoms with E-state index in [1.54, 1.807) is 9.80 Å². The van der Waals surface area contributed by atoms with Crippen LogP contribution in [0.2, 0.25) is 0 Å². The van der Waals surface area contributed by atoms with Gasteiger partial charge in [-0.15, -0.1) is 12.4 Å². The van der Waals surface area contributed by atoms with Crippen LogP contribution in [0.4, 0.5) is 5.69 Å². The molecule has 0 spiro atoms. The highest BCUT2D eigenvalue weighted by Gasteiger charge is 2.37. The molecule has 0 aliphatic carbocycles. The lowest BCUT2D eigenvalue weighted by atomic mass is 10.1. The van der Waals surface area contributed by atoms with Gasteiger partial charge >= 0.3 is 0 Å². The van der Waals surface area contributed by atoms with Crippen LogP contribution in [0, 0.1) is 0 Å². The van der Waals surface area contributed by atoms with E-state index in [9.17, 15) is 9.59 Å². The number of nitrogens with two attached hydrogens (primary N) is 1. The Morgan fingerprint density at radius 1 is 1.39 bits per heavy atom. The summed E-state index contributed by atoms with van der Waals surface area (Å²) in [5.41, 5.74) is 6.61. The molecule has 2 atom stereocenters. The van der Waals surface area contributed by atoms with Gasteiger partial charge in [-0.2, -0.15) is 0 Å². The highest BCUT2D eigenvalue weighted by atomic mass is 35.5. The Balaban J connectivity index is 0.00000264. The van der Waals surface area contributed by atoms with Crippen LogP contribution in [0.1, 0.15) is 33.1 Å². The van der Waals surface area contributed by atoms with Gasteiger partial charge in [-0.3, -0.25) is 9.59 Å². The molecule has 2 unspecified atom stereocenters. The number of halogens is 1. The van der Waals surface area contributed by atoms with E-state index in [4.69, 9.17) is 5.73 Å². The van der Waals surface area contributed by atoms with Crippen LogP contribution in [0.15, 0.2) is 30.3 Å². The summed E-state index contributed by atoms with van der Waals surface area (Å²) in [4.78, 5) is 28.5. The molecule has 1 aliphatic rings. The molecule has 23 heavy (non-hydrogen) atoms. The predicted molar refractivity (Wildman–Crippen MR) is 94.7 cm³/mol. The van der Waals surface area contributed by atoms with Crippen molar-refractivity contribution in [3.8, 4) is 0 Å². The molecule has 0 radical (unpaired) electrons. The van der Waals surface area contributed by atoms with Crippen molar-refractivity contribution in [1.82, 2.24) is 4.90 Å². The molecule has 1 aromatic rings. The van der Waals surface area contributed by atoms with Gasteiger partial charge in [0.1, 0.15) is 6.04 Å². The Morgan fingerprint density at radius 2 is 2.04 bits per heavy atom. The summed E-state index contributed by atoms with van der Waals surface area (Å²) in [5.74, 6) is 0.0373. The van der Waals surface area contributed by atoms with E-state index in [-0.39, 0.29) is 36.3 Å². The zero-order chi connectivity index (χ0) is 16.1. The molecule has 1 aromatic carbocycles. The van der Waals surface area contributed by atoms with E-state index in [1.165, 1.54) is 0 Å². The number of likely N-dealkylation sites (N-methyl/N-ethyl adjacent to an activating group) is 1. The minimum absolute atomic E-state index is 0. The molecular formula is C17H26ClN3O2. The quantitative estimate of drug-likeness (QED) is 0.864. The number of carbonyl (C=O) groups is 2. The van der Waals surface area contributed by atoms with E-state index in [0.717, 1.165) is 5.69 Å². The molecule has 5 nitrogen and oxygen atoms in total. The molecular weight excluding hydrogens is 314 g/mol. The minimum atomic E-state index is -0.342. The smallest absolute Gasteiger partial charge is 0.249 e. The number of amides is 2. The van der Waals surface area contributed by atoms with Gasteiger partial charge in [-0.1, -0.05) is 18.2 Å². The number of hydrogen-bond donors (Lipinski definition) is 1. The first-order valence-corrected chi connectivity index (χ1v) is 7.96. The number of rotatable bonds is 6. The van der Waals surface area contributed by atoms with Crippen molar-refractivity contribution in [2.75, 3.05) is 18.0 Å². The van der Waals surface area contributed by atoms with Crippen LogP contribution < -0.4 is 10.6 Å². The molecule has 2 rings (SSSR count). The zero-order valence-corrected chi connectivity index (χ0v) is 14.6. The molecule has 2 amide bonds. The molecule has 0 bridgehead atoms. The van der Waals surface area contributed by atoms with Crippen LogP contribution in [0.25, 0.3) is 0 Å². The average molecular weight is 340 g/mol. The first-order chi connectivity index (χ1) is 10.5. The number of carbonyl (C=O) groups excluding carboxylic acids is 2. The summed E-state index contributed by atoms with van der Waals surface area (Å²) in [5, 5.41) is 0. The molecule has 6 heteroatoms. The molecule has 1 heterocycles. The molecule has 2 N–H and O–H groups in total. The Morgan fingerprint density at radius 3 is 2.61 bits per heavy atom. The summed E-state index contributed by atoms with van der Waals surface area (Å²) in [6, 6.07) is 9.27. The highest BCUT2D eigenvalue weighted by Crippen LogP contribution is 2.24. The first kappa shape index (κ1) is 19.5. The topological polar surface area (TPSA) is 66.6 Å². The van der Waals surface area contributed by atoms with Gasteiger partial charge < -0.3 is 15.5 Å². The van der Waals surface area contributed by atoms with Crippen LogP contribution in [-0.2, 0) is 9.59 Å². The Kier molecular flexibility index (Phi) is 7.52. The third-order valence-electron chi connectivity index (χ3n) is 4.10. The lowest BCUT2D eigenvalue weighted by molar-refractivity contribution is -0.138. The summed E-state index contributed by atoms with van der Waals surface area (Å²) in [6.07, 6.45) is 1.74. The van der Waals surface area contributed by atoms with Gasteiger partial charge in [0.15, 0.2) is 0 Å². The van der Waals surface area contributed by atoms with Crippen LogP contribution in [-0.4, -0.2) is 41.9 Å². The Labute approximate surface area is 144 Å². The second kappa shape index (κ2) is 8.89. The fourth-order valence-electron chi connectivity index (χ4n) is 2.88. The van der Waals surface area contributed by atoms with Crippen LogP contribution in [0.5, 0.6) is 0 Å². The second-order valence-electron chi connectivity index (χ2n) is 5.83. The van der Waals surface area contributed by atoms with Gasteiger partial charge in [-0.25, -0.2) is 0 Å². The zero-order valence-electron chi connectivity index (χ0n) is 13.8. The fraction of sp³-hybridized carbons (Fsp3) is 0.529. The minimum Gasteiger partial charge on any atom is -0.331 e. The lowest BCUT2D eigenvalue weighted by Gasteiger charge is -2.27. The number of hydrogen-bond acceptors (Lipinski definition) is 3. The van der Waals surface area contributed by atoms with E-state index in [1.807, 2.05) is 44.2 Å². The third kappa shape index (κ3) is 4.69. The maximum atomic E-state index is 12.7. The summed E-state index contributed by atoms with van der Waals surface area (Å²) >= 11 is 0. The molecule has 0 aromatic heterocycles. The van der Waals surface area contributed by atoms with Crippen molar-refractivity contribution in [2.45, 2.75) is 45.2 Å². The van der Waals surface area contributed by atoms with Crippen LogP contribution >= 0.6 is 12.4 Å². The maximum Gasteiger partial charge on any atom is 0.249 e. The highest BCUT2D eigenvalue weighted by molar-refractivity contribution is 6.01. The van der Waals surface area contributed by atoms with Crippen molar-refractivity contribution in [3.63, 3.8) is 0 Å². The summed E-state index contributed by atoms with van der Waals surface area (Å²) in [7, 11) is 0. The molecule has 128 valence electrons. The molecule has 1 fully saturated rings. The number of anilines is 1. The number of benzene rings is 1. The van der Waals surface area contributed by atoms with Crippen LogP contribution in [0.3, 0.4) is 0 Å². The van der Waals surface area contributed by atoms with Gasteiger partial charge in [-0.05, 0) is 38.8 Å². The van der Waals surface area contributed by atoms with Gasteiger partial charge in [0.05, 0.1) is 0 Å². The van der Waals surface area contributed by atoms with Crippen molar-refractivity contribution in [2.24, 2.45) is 5.73 Å². The Hall–Kier alpha value is -1.59. The largest absolute Gasteiger partial charge is 0.331 e. The van der Waals surface area contributed by atoms with Crippen molar-refractivity contribution in [3.05, 3.63) is 30.3 Å². The predicted octanol–water partition coefficient (Wildman–Crippen LogP) is 2.19. The maximum absolute atomic E-state index is 12.7. The summed E-state index contributed by atoms with van der Waals surface area (Å²) in [6.45, 7) is 5.02. The van der Waals surface area contributed by atoms with Gasteiger partial charge in [0, 0.05) is 31.2 Å². The molecule has 1 aliphatic heterocycles. The second-order valence-corrected chi connectivity index (χ2v) is 5.83. The van der Waals surface area contributed by atoms with Crippen molar-refractivity contribution in [1.29, 1.82) is 0 Å². The van der Waals surface area contributed by atoms with E-state index >= 15 is 0 Å². The van der Waals surface area contributed by atoms with E-state index in [2.05, 4.69) is 0 Å². The first-order valence-electron chi connectivity index (χ1n) is 7.96. The molecule has 0 saturated carbocycles. The normalized spacial score (nSPS) is 18.5. The Bertz CT molecular complexity index is 522. The van der Waals surface area contributed by atoms with Gasteiger partial charge in [0.25, 0.3) is 0 Å². The number of para-hydroxylation sites is 1. The average Bonchev–Trinajstić information content (AvgIpc) is 2.89. The van der Waals surface area contributed by atoms with Gasteiger partial charge in [0.2, 0.25) is 11.8 Å². The monoisotopic (exact) mass is 339 g/mol. The van der Waals surface area contributed by atoms with Crippen molar-refractivity contribution >= 4 is 29.9 Å². The summed E-state index contributed by atoms with van der Waals surface area (Å²) < 4.78 is 0. The van der Waals surface area contributed by atoms with Crippen molar-refractivity contribution < 1.29 is 9.59 Å². The molecule has 1 saturated heterocycles. The van der Waals surface area contributed by atoms with E-state index in [0.29, 0.717) is 32.4 Å². The SMILES string of the molecule is CCN(C(=O)CCC(C)N)C1CCN(c2ccccc2)C1=O.Cl. The number of nitrogens with zero attached hydrogens (tertiary/aromatic N) is 2. The standard InChI is InChI=1S/C17H25N3O2.ClH/c1-3-19(16(21)10-9-13(2)18)15-11-12-20(17(15)22)14-7-5-4-6-8-14;/h4-8,13,15H,3,9-12,18H2,1-2H3;1H. The fourth-order valence-corrected chi connectivity index (χ4v) is 2.88. The van der Waals surface area contributed by atoms with E-state index < -0.39 is 0 Å². The third-order valence-corrected chi connectivity index (χ3v) is 4.10. The lowest BCUT2D eigenvalue weighted by Crippen LogP contribution is -2.45.